The molecule has 1 aliphatic heterocycles. The number of benzene rings is 2. The van der Waals surface area contributed by atoms with E-state index in [0.29, 0.717) is 13.1 Å². The summed E-state index contributed by atoms with van der Waals surface area (Å²) >= 11 is 0. The highest BCUT2D eigenvalue weighted by Crippen LogP contribution is 2.24. The average molecular weight is 389 g/mol. The van der Waals surface area contributed by atoms with Crippen molar-refractivity contribution in [3.63, 3.8) is 0 Å². The fourth-order valence-corrected chi connectivity index (χ4v) is 3.98. The van der Waals surface area contributed by atoms with Gasteiger partial charge in [-0.25, -0.2) is 0 Å². The summed E-state index contributed by atoms with van der Waals surface area (Å²) in [4.78, 5) is 30.2. The van der Waals surface area contributed by atoms with Crippen molar-refractivity contribution in [2.24, 2.45) is 5.92 Å². The topological polar surface area (TPSA) is 65.2 Å². The Morgan fingerprint density at radius 3 is 2.76 bits per heavy atom. The average Bonchev–Trinajstić information content (AvgIpc) is 3.26. The van der Waals surface area contributed by atoms with Gasteiger partial charge in [-0.05, 0) is 68.1 Å². The Morgan fingerprint density at radius 1 is 1.14 bits per heavy atom. The van der Waals surface area contributed by atoms with Crippen molar-refractivity contribution >= 4 is 28.4 Å². The lowest BCUT2D eigenvalue weighted by atomic mass is 10.1. The maximum atomic E-state index is 12.7. The van der Waals surface area contributed by atoms with Gasteiger partial charge < -0.3 is 15.2 Å². The number of carbonyl (C=O) groups is 2. The van der Waals surface area contributed by atoms with Crippen molar-refractivity contribution in [1.82, 2.24) is 9.88 Å². The van der Waals surface area contributed by atoms with Gasteiger partial charge in [0.25, 0.3) is 0 Å². The molecule has 150 valence electrons. The Morgan fingerprint density at radius 2 is 1.97 bits per heavy atom. The number of carbonyl (C=O) groups excluding carboxylic acids is 2. The summed E-state index contributed by atoms with van der Waals surface area (Å²) < 4.78 is 0. The monoisotopic (exact) mass is 389 g/mol. The molecular formula is C24H27N3O2. The van der Waals surface area contributed by atoms with Gasteiger partial charge in [-0.3, -0.25) is 9.59 Å². The molecule has 1 atom stereocenters. The number of likely N-dealkylation sites (tertiary alicyclic amines) is 1. The van der Waals surface area contributed by atoms with Crippen molar-refractivity contribution in [3.8, 4) is 0 Å². The predicted molar refractivity (Wildman–Crippen MR) is 116 cm³/mol. The summed E-state index contributed by atoms with van der Waals surface area (Å²) in [6.07, 6.45) is 3.08. The van der Waals surface area contributed by atoms with Crippen molar-refractivity contribution in [3.05, 3.63) is 64.8 Å². The van der Waals surface area contributed by atoms with E-state index in [1.54, 1.807) is 0 Å². The number of hydrogen-bond acceptors (Lipinski definition) is 2. The molecular weight excluding hydrogens is 362 g/mol. The van der Waals surface area contributed by atoms with Crippen molar-refractivity contribution in [1.29, 1.82) is 0 Å². The molecule has 29 heavy (non-hydrogen) atoms. The first-order valence-corrected chi connectivity index (χ1v) is 10.1. The number of anilines is 1. The van der Waals surface area contributed by atoms with Gasteiger partial charge in [0.15, 0.2) is 0 Å². The lowest BCUT2D eigenvalue weighted by Gasteiger charge is -2.16. The molecule has 0 aliphatic carbocycles. The van der Waals surface area contributed by atoms with E-state index in [4.69, 9.17) is 0 Å². The zero-order chi connectivity index (χ0) is 20.5. The quantitative estimate of drug-likeness (QED) is 0.689. The zero-order valence-corrected chi connectivity index (χ0v) is 17.2. The number of H-pyrrole nitrogens is 1. The van der Waals surface area contributed by atoms with E-state index >= 15 is 0 Å². The summed E-state index contributed by atoms with van der Waals surface area (Å²) in [6, 6.07) is 12.2. The molecule has 1 saturated heterocycles. The Kier molecular flexibility index (Phi) is 5.14. The first-order chi connectivity index (χ1) is 13.9. The maximum Gasteiger partial charge on any atom is 0.229 e. The van der Waals surface area contributed by atoms with Gasteiger partial charge in [-0.15, -0.1) is 0 Å². The molecule has 5 nitrogen and oxygen atoms in total. The lowest BCUT2D eigenvalue weighted by molar-refractivity contribution is -0.128. The molecule has 3 aromatic rings. The number of amides is 2. The number of rotatable bonds is 5. The second-order valence-electron chi connectivity index (χ2n) is 8.14. The number of hydrogen-bond donors (Lipinski definition) is 2. The van der Waals surface area contributed by atoms with Gasteiger partial charge in [-0.1, -0.05) is 17.7 Å². The Balaban J connectivity index is 1.37. The largest absolute Gasteiger partial charge is 0.361 e. The van der Waals surface area contributed by atoms with Gasteiger partial charge in [-0.2, -0.15) is 0 Å². The Hall–Kier alpha value is -3.08. The normalized spacial score (nSPS) is 16.6. The van der Waals surface area contributed by atoms with E-state index < -0.39 is 0 Å². The molecule has 0 spiro atoms. The van der Waals surface area contributed by atoms with Crippen LogP contribution in [0.25, 0.3) is 10.9 Å². The highest BCUT2D eigenvalue weighted by Gasteiger charge is 2.34. The van der Waals surface area contributed by atoms with Crippen LogP contribution in [0, 0.1) is 26.7 Å². The summed E-state index contributed by atoms with van der Waals surface area (Å²) in [6.45, 7) is 7.27. The zero-order valence-electron chi connectivity index (χ0n) is 17.2. The molecule has 4 rings (SSSR count). The van der Waals surface area contributed by atoms with Gasteiger partial charge in [0.1, 0.15) is 0 Å². The number of nitrogens with zero attached hydrogens (tertiary/aromatic N) is 1. The van der Waals surface area contributed by atoms with Crippen LogP contribution in [0.15, 0.2) is 42.6 Å². The van der Waals surface area contributed by atoms with E-state index in [-0.39, 0.29) is 24.2 Å². The molecule has 1 aliphatic rings. The maximum absolute atomic E-state index is 12.7. The molecule has 2 amide bonds. The summed E-state index contributed by atoms with van der Waals surface area (Å²) in [5.41, 5.74) is 6.67. The molecule has 5 heteroatoms. The fraction of sp³-hybridized carbons (Fsp3) is 0.333. The highest BCUT2D eigenvalue weighted by atomic mass is 16.2. The second kappa shape index (κ2) is 7.74. The first kappa shape index (κ1) is 19.2. The molecule has 2 heterocycles. The Bertz CT molecular complexity index is 1080. The summed E-state index contributed by atoms with van der Waals surface area (Å²) in [7, 11) is 0. The molecule has 2 aromatic carbocycles. The van der Waals surface area contributed by atoms with Crippen LogP contribution in [0.4, 0.5) is 5.69 Å². The van der Waals surface area contributed by atoms with Crippen molar-refractivity contribution in [2.45, 2.75) is 33.6 Å². The van der Waals surface area contributed by atoms with Crippen LogP contribution in [-0.2, 0) is 16.0 Å². The number of aromatic amines is 1. The first-order valence-electron chi connectivity index (χ1n) is 10.1. The molecule has 1 aromatic heterocycles. The summed E-state index contributed by atoms with van der Waals surface area (Å²) in [5.74, 6) is -0.317. The van der Waals surface area contributed by atoms with Crippen LogP contribution in [0.3, 0.4) is 0 Å². The van der Waals surface area contributed by atoms with Crippen LogP contribution in [0.1, 0.15) is 28.7 Å². The lowest BCUT2D eigenvalue weighted by Crippen LogP contribution is -2.30. The Labute approximate surface area is 171 Å². The second-order valence-corrected chi connectivity index (χ2v) is 8.14. The molecule has 2 N–H and O–H groups in total. The van der Waals surface area contributed by atoms with Gasteiger partial charge in [0.2, 0.25) is 11.8 Å². The number of nitrogens with one attached hydrogen (secondary N) is 2. The van der Waals surface area contributed by atoms with Crippen LogP contribution >= 0.6 is 0 Å². The number of fused-ring (bicyclic) bond motifs is 1. The van der Waals surface area contributed by atoms with E-state index in [9.17, 15) is 9.59 Å². The highest BCUT2D eigenvalue weighted by molar-refractivity contribution is 5.97. The number of aromatic nitrogens is 1. The minimum atomic E-state index is -0.297. The minimum absolute atomic E-state index is 0.0567. The van der Waals surface area contributed by atoms with Crippen LogP contribution in [-0.4, -0.2) is 34.8 Å². The standard InChI is InChI=1S/C24H27N3O2/c1-15-4-7-22-21(10-15)18(13-25-22)8-9-27-14-19(12-23(27)28)24(29)26-20-6-5-16(2)17(3)11-20/h4-7,10-11,13,19,25H,8-9,12,14H2,1-3H3,(H,26,29). The van der Waals surface area contributed by atoms with Gasteiger partial charge in [0, 0.05) is 42.3 Å². The summed E-state index contributed by atoms with van der Waals surface area (Å²) in [5, 5.41) is 4.18. The van der Waals surface area contributed by atoms with Crippen LogP contribution in [0.2, 0.25) is 0 Å². The SMILES string of the molecule is Cc1ccc2[nH]cc(CCN3CC(C(=O)Nc4ccc(C)c(C)c4)CC3=O)c2c1. The molecule has 0 bridgehead atoms. The fourth-order valence-electron chi connectivity index (χ4n) is 3.98. The van der Waals surface area contributed by atoms with Crippen LogP contribution in [0.5, 0.6) is 0 Å². The molecule has 1 fully saturated rings. The smallest absolute Gasteiger partial charge is 0.229 e. The van der Waals surface area contributed by atoms with Gasteiger partial charge in [0.05, 0.1) is 5.92 Å². The molecule has 1 unspecified atom stereocenters. The van der Waals surface area contributed by atoms with Crippen LogP contribution < -0.4 is 5.32 Å². The third kappa shape index (κ3) is 4.04. The third-order valence-electron chi connectivity index (χ3n) is 5.93. The van der Waals surface area contributed by atoms with Gasteiger partial charge >= 0.3 is 0 Å². The van der Waals surface area contributed by atoms with Crippen molar-refractivity contribution < 1.29 is 9.59 Å². The number of aryl methyl sites for hydroxylation is 3. The van der Waals surface area contributed by atoms with E-state index in [0.717, 1.165) is 23.2 Å². The molecule has 0 radical (unpaired) electrons. The minimum Gasteiger partial charge on any atom is -0.361 e. The van der Waals surface area contributed by atoms with E-state index in [1.807, 2.05) is 43.1 Å². The van der Waals surface area contributed by atoms with Crippen molar-refractivity contribution in [2.75, 3.05) is 18.4 Å². The van der Waals surface area contributed by atoms with E-state index in [1.165, 1.54) is 22.1 Å². The third-order valence-corrected chi connectivity index (χ3v) is 5.93. The predicted octanol–water partition coefficient (Wildman–Crippen LogP) is 4.12. The van der Waals surface area contributed by atoms with E-state index in [2.05, 4.69) is 35.4 Å². The molecule has 0 saturated carbocycles.